The first-order valence-corrected chi connectivity index (χ1v) is 7.88. The van der Waals surface area contributed by atoms with E-state index in [0.29, 0.717) is 22.5 Å². The molecule has 0 bridgehead atoms. The maximum Gasteiger partial charge on any atom is 0.259 e. The van der Waals surface area contributed by atoms with Crippen molar-refractivity contribution < 1.29 is 4.79 Å². The first-order chi connectivity index (χ1) is 10.7. The summed E-state index contributed by atoms with van der Waals surface area (Å²) in [7, 11) is 0. The number of para-hydroxylation sites is 1. The molecular formula is C17H14N2O2S. The molecule has 1 aromatic heterocycles. The highest BCUT2D eigenvalue weighted by Crippen LogP contribution is 2.15. The number of aromatic amines is 1. The van der Waals surface area contributed by atoms with Crippen molar-refractivity contribution in [3.8, 4) is 0 Å². The second-order valence-corrected chi connectivity index (χ2v) is 5.84. The van der Waals surface area contributed by atoms with E-state index < -0.39 is 0 Å². The molecular weight excluding hydrogens is 296 g/mol. The number of fused-ring (bicyclic) bond motifs is 1. The summed E-state index contributed by atoms with van der Waals surface area (Å²) in [5.41, 5.74) is 1.46. The van der Waals surface area contributed by atoms with Crippen LogP contribution < -0.4 is 5.56 Å². The fourth-order valence-corrected chi connectivity index (χ4v) is 2.88. The third kappa shape index (κ3) is 3.43. The molecule has 0 unspecified atom stereocenters. The van der Waals surface area contributed by atoms with Crippen molar-refractivity contribution in [2.24, 2.45) is 0 Å². The topological polar surface area (TPSA) is 62.8 Å². The molecule has 0 atom stereocenters. The number of benzene rings is 2. The summed E-state index contributed by atoms with van der Waals surface area (Å²) in [4.78, 5) is 31.0. The molecule has 0 spiro atoms. The van der Waals surface area contributed by atoms with Crippen LogP contribution in [0.1, 0.15) is 5.56 Å². The SMILES string of the molecule is O=C(CSc1nc2ccccc2c(=O)[nH]1)Cc1ccccc1. The summed E-state index contributed by atoms with van der Waals surface area (Å²) in [6.45, 7) is 0. The van der Waals surface area contributed by atoms with Crippen molar-refractivity contribution >= 4 is 28.4 Å². The van der Waals surface area contributed by atoms with E-state index in [1.807, 2.05) is 36.4 Å². The summed E-state index contributed by atoms with van der Waals surface area (Å²) in [6.07, 6.45) is 0.394. The zero-order valence-electron chi connectivity index (χ0n) is 11.8. The van der Waals surface area contributed by atoms with E-state index in [2.05, 4.69) is 9.97 Å². The summed E-state index contributed by atoms with van der Waals surface area (Å²) < 4.78 is 0. The third-order valence-electron chi connectivity index (χ3n) is 3.21. The highest BCUT2D eigenvalue weighted by molar-refractivity contribution is 7.99. The number of thioether (sulfide) groups is 1. The van der Waals surface area contributed by atoms with Gasteiger partial charge in [0.1, 0.15) is 5.78 Å². The first-order valence-electron chi connectivity index (χ1n) is 6.90. The molecule has 3 aromatic rings. The Morgan fingerprint density at radius 3 is 2.59 bits per heavy atom. The highest BCUT2D eigenvalue weighted by atomic mass is 32.2. The number of aromatic nitrogens is 2. The van der Waals surface area contributed by atoms with Crippen molar-refractivity contribution in [2.45, 2.75) is 11.6 Å². The van der Waals surface area contributed by atoms with E-state index in [1.165, 1.54) is 11.8 Å². The van der Waals surface area contributed by atoms with E-state index in [-0.39, 0.29) is 17.1 Å². The van der Waals surface area contributed by atoms with Gasteiger partial charge in [0.25, 0.3) is 5.56 Å². The van der Waals surface area contributed by atoms with Crippen LogP contribution in [0.2, 0.25) is 0 Å². The second-order valence-electron chi connectivity index (χ2n) is 4.88. The molecule has 0 aliphatic heterocycles. The van der Waals surface area contributed by atoms with E-state index in [0.717, 1.165) is 5.56 Å². The number of hydrogen-bond acceptors (Lipinski definition) is 4. The Morgan fingerprint density at radius 1 is 1.05 bits per heavy atom. The van der Waals surface area contributed by atoms with Crippen LogP contribution in [-0.4, -0.2) is 21.5 Å². The van der Waals surface area contributed by atoms with E-state index >= 15 is 0 Å². The van der Waals surface area contributed by atoms with Crippen molar-refractivity contribution in [1.82, 2.24) is 9.97 Å². The zero-order valence-corrected chi connectivity index (χ0v) is 12.6. The lowest BCUT2D eigenvalue weighted by Gasteiger charge is -2.03. The maximum absolute atomic E-state index is 12.0. The minimum Gasteiger partial charge on any atom is -0.301 e. The maximum atomic E-state index is 12.0. The van der Waals surface area contributed by atoms with E-state index in [1.54, 1.807) is 18.2 Å². The first kappa shape index (κ1) is 14.5. The summed E-state index contributed by atoms with van der Waals surface area (Å²) in [6, 6.07) is 16.8. The number of carbonyl (C=O) groups excluding carboxylic acids is 1. The van der Waals surface area contributed by atoms with Crippen LogP contribution in [0.3, 0.4) is 0 Å². The Labute approximate surface area is 131 Å². The number of carbonyl (C=O) groups is 1. The van der Waals surface area contributed by atoms with Gasteiger partial charge in [-0.2, -0.15) is 0 Å². The van der Waals surface area contributed by atoms with Gasteiger partial charge in [0, 0.05) is 6.42 Å². The lowest BCUT2D eigenvalue weighted by molar-refractivity contribution is -0.116. The molecule has 1 heterocycles. The van der Waals surface area contributed by atoms with Gasteiger partial charge < -0.3 is 4.98 Å². The van der Waals surface area contributed by atoms with Gasteiger partial charge in [-0.05, 0) is 17.7 Å². The Kier molecular flexibility index (Phi) is 4.34. The van der Waals surface area contributed by atoms with Gasteiger partial charge >= 0.3 is 0 Å². The molecule has 0 aliphatic carbocycles. The number of hydrogen-bond donors (Lipinski definition) is 1. The average molecular weight is 310 g/mol. The van der Waals surface area contributed by atoms with Gasteiger partial charge in [-0.25, -0.2) is 4.98 Å². The molecule has 3 rings (SSSR count). The van der Waals surface area contributed by atoms with Crippen LogP contribution in [0.5, 0.6) is 0 Å². The van der Waals surface area contributed by atoms with Crippen LogP contribution in [-0.2, 0) is 11.2 Å². The van der Waals surface area contributed by atoms with Crippen LogP contribution >= 0.6 is 11.8 Å². The quantitative estimate of drug-likeness (QED) is 0.581. The molecule has 0 saturated heterocycles. The smallest absolute Gasteiger partial charge is 0.259 e. The largest absolute Gasteiger partial charge is 0.301 e. The number of H-pyrrole nitrogens is 1. The molecule has 22 heavy (non-hydrogen) atoms. The van der Waals surface area contributed by atoms with Crippen LogP contribution in [0.4, 0.5) is 0 Å². The lowest BCUT2D eigenvalue weighted by atomic mass is 10.1. The average Bonchev–Trinajstić information content (AvgIpc) is 2.54. The van der Waals surface area contributed by atoms with Crippen molar-refractivity contribution in [2.75, 3.05) is 5.75 Å². The molecule has 110 valence electrons. The van der Waals surface area contributed by atoms with Gasteiger partial charge in [-0.15, -0.1) is 0 Å². The van der Waals surface area contributed by atoms with Crippen LogP contribution in [0.25, 0.3) is 10.9 Å². The van der Waals surface area contributed by atoms with Crippen LogP contribution in [0, 0.1) is 0 Å². The predicted molar refractivity (Wildman–Crippen MR) is 88.2 cm³/mol. The monoisotopic (exact) mass is 310 g/mol. The molecule has 4 nitrogen and oxygen atoms in total. The summed E-state index contributed by atoms with van der Waals surface area (Å²) in [5, 5.41) is 1.03. The van der Waals surface area contributed by atoms with Gasteiger partial charge in [-0.1, -0.05) is 54.2 Å². The molecule has 2 aromatic carbocycles. The fourth-order valence-electron chi connectivity index (χ4n) is 2.16. The zero-order chi connectivity index (χ0) is 15.4. The standard InChI is InChI=1S/C17H14N2O2S/c20-13(10-12-6-2-1-3-7-12)11-22-17-18-15-9-5-4-8-14(15)16(21)19-17/h1-9H,10-11H2,(H,18,19,21). The molecule has 0 saturated carbocycles. The molecule has 0 aliphatic rings. The minimum absolute atomic E-state index is 0.104. The number of ketones is 1. The number of rotatable bonds is 5. The van der Waals surface area contributed by atoms with Gasteiger partial charge in [0.05, 0.1) is 16.7 Å². The molecule has 0 amide bonds. The van der Waals surface area contributed by atoms with Crippen LogP contribution in [0.15, 0.2) is 64.5 Å². The minimum atomic E-state index is -0.177. The number of Topliss-reactive ketones (excluding diaryl/α,β-unsaturated/α-hetero) is 1. The van der Waals surface area contributed by atoms with Gasteiger partial charge in [0.15, 0.2) is 5.16 Å². The van der Waals surface area contributed by atoms with Gasteiger partial charge in [-0.3, -0.25) is 9.59 Å². The Balaban J connectivity index is 1.69. The molecule has 0 fully saturated rings. The molecule has 0 radical (unpaired) electrons. The van der Waals surface area contributed by atoms with Gasteiger partial charge in [0.2, 0.25) is 0 Å². The Morgan fingerprint density at radius 2 is 1.77 bits per heavy atom. The van der Waals surface area contributed by atoms with Crippen molar-refractivity contribution in [3.63, 3.8) is 0 Å². The third-order valence-corrected chi connectivity index (χ3v) is 4.14. The van der Waals surface area contributed by atoms with E-state index in [9.17, 15) is 9.59 Å². The molecule has 1 N–H and O–H groups in total. The summed E-state index contributed by atoms with van der Waals surface area (Å²) in [5.74, 6) is 0.392. The fraction of sp³-hybridized carbons (Fsp3) is 0.118. The second kappa shape index (κ2) is 6.58. The summed E-state index contributed by atoms with van der Waals surface area (Å²) >= 11 is 1.26. The Hall–Kier alpha value is -2.40. The normalized spacial score (nSPS) is 10.7. The molecule has 5 heteroatoms. The number of nitrogens with one attached hydrogen (secondary N) is 1. The van der Waals surface area contributed by atoms with E-state index in [4.69, 9.17) is 0 Å². The van der Waals surface area contributed by atoms with Crippen molar-refractivity contribution in [1.29, 1.82) is 0 Å². The van der Waals surface area contributed by atoms with Crippen molar-refractivity contribution in [3.05, 3.63) is 70.5 Å². The highest BCUT2D eigenvalue weighted by Gasteiger charge is 2.08. The lowest BCUT2D eigenvalue weighted by Crippen LogP contribution is -2.11. The Bertz CT molecular complexity index is 859. The number of nitrogens with zero attached hydrogens (tertiary/aromatic N) is 1. The predicted octanol–water partition coefficient (Wildman–Crippen LogP) is 2.83.